The maximum Gasteiger partial charge on any atom is 0.416 e. The van der Waals surface area contributed by atoms with Crippen molar-refractivity contribution in [3.63, 3.8) is 0 Å². The van der Waals surface area contributed by atoms with Gasteiger partial charge in [-0.2, -0.15) is 13.2 Å². The minimum atomic E-state index is -4.33. The highest BCUT2D eigenvalue weighted by atomic mass is 19.4. The van der Waals surface area contributed by atoms with Gasteiger partial charge in [0.25, 0.3) is 0 Å². The first-order chi connectivity index (χ1) is 8.75. The van der Waals surface area contributed by atoms with Gasteiger partial charge in [0.05, 0.1) is 12.7 Å². The van der Waals surface area contributed by atoms with Crippen LogP contribution in [0.2, 0.25) is 0 Å². The monoisotopic (exact) mass is 275 g/mol. The summed E-state index contributed by atoms with van der Waals surface area (Å²) >= 11 is 0. The van der Waals surface area contributed by atoms with Gasteiger partial charge in [-0.25, -0.2) is 0 Å². The van der Waals surface area contributed by atoms with Crippen LogP contribution in [0.3, 0.4) is 0 Å². The average Bonchev–Trinajstić information content (AvgIpc) is 2.33. The lowest BCUT2D eigenvalue weighted by atomic mass is 9.92. The van der Waals surface area contributed by atoms with E-state index in [1.165, 1.54) is 19.2 Å². The largest absolute Gasteiger partial charge is 0.496 e. The number of nitrogens with two attached hydrogens (primary N) is 1. The van der Waals surface area contributed by atoms with E-state index < -0.39 is 11.7 Å². The van der Waals surface area contributed by atoms with Crippen LogP contribution < -0.4 is 10.5 Å². The van der Waals surface area contributed by atoms with Gasteiger partial charge in [-0.3, -0.25) is 0 Å². The summed E-state index contributed by atoms with van der Waals surface area (Å²) in [5, 5.41) is 0. The molecule has 0 amide bonds. The molecule has 1 rings (SSSR count). The number of hydrogen-bond acceptors (Lipinski definition) is 2. The Bertz CT molecular complexity index is 416. The molecule has 0 aliphatic carbocycles. The van der Waals surface area contributed by atoms with Crippen LogP contribution in [0.15, 0.2) is 18.2 Å². The lowest BCUT2D eigenvalue weighted by Crippen LogP contribution is -2.15. The predicted octanol–water partition coefficient (Wildman–Crippen LogP) is 3.94. The molecule has 1 aromatic carbocycles. The number of rotatable bonds is 5. The van der Waals surface area contributed by atoms with Crippen molar-refractivity contribution in [2.24, 2.45) is 5.73 Å². The fourth-order valence-corrected chi connectivity index (χ4v) is 1.96. The highest BCUT2D eigenvalue weighted by molar-refractivity contribution is 5.40. The lowest BCUT2D eigenvalue weighted by molar-refractivity contribution is -0.137. The first-order valence-corrected chi connectivity index (χ1v) is 6.26. The number of alkyl halides is 3. The Morgan fingerprint density at radius 3 is 2.32 bits per heavy atom. The van der Waals surface area contributed by atoms with E-state index in [9.17, 15) is 13.2 Å². The zero-order chi connectivity index (χ0) is 14.6. The van der Waals surface area contributed by atoms with Gasteiger partial charge in [0, 0.05) is 6.04 Å². The minimum Gasteiger partial charge on any atom is -0.496 e. The molecule has 2 N–H and O–H groups in total. The number of ether oxygens (including phenoxy) is 1. The normalized spacial score (nSPS) is 15.1. The molecule has 0 radical (unpaired) electrons. The van der Waals surface area contributed by atoms with Gasteiger partial charge in [-0.1, -0.05) is 6.92 Å². The summed E-state index contributed by atoms with van der Waals surface area (Å²) in [6.45, 7) is 3.77. The van der Waals surface area contributed by atoms with E-state index in [-0.39, 0.29) is 12.0 Å². The third kappa shape index (κ3) is 4.42. The second-order valence-electron chi connectivity index (χ2n) is 4.91. The standard InChI is InChI=1S/C14H20F3NO/c1-9(4-5-10(2)18)12-8-11(14(15,16)17)6-7-13(12)19-3/h6-10H,4-5,18H2,1-3H3. The summed E-state index contributed by atoms with van der Waals surface area (Å²) in [5.74, 6) is 0.466. The van der Waals surface area contributed by atoms with Crippen molar-refractivity contribution in [2.45, 2.75) is 44.8 Å². The van der Waals surface area contributed by atoms with Crippen LogP contribution in [0.25, 0.3) is 0 Å². The van der Waals surface area contributed by atoms with Gasteiger partial charge in [-0.05, 0) is 49.4 Å². The van der Waals surface area contributed by atoms with Crippen molar-refractivity contribution < 1.29 is 17.9 Å². The van der Waals surface area contributed by atoms with Crippen molar-refractivity contribution in [1.29, 1.82) is 0 Å². The van der Waals surface area contributed by atoms with Crippen molar-refractivity contribution in [3.05, 3.63) is 29.3 Å². The average molecular weight is 275 g/mol. The Kier molecular flexibility index (Phi) is 5.23. The second-order valence-corrected chi connectivity index (χ2v) is 4.91. The van der Waals surface area contributed by atoms with E-state index in [1.54, 1.807) is 0 Å². The maximum atomic E-state index is 12.7. The molecule has 0 bridgehead atoms. The molecule has 19 heavy (non-hydrogen) atoms. The minimum absolute atomic E-state index is 0.0248. The van der Waals surface area contributed by atoms with Crippen LogP contribution in [-0.4, -0.2) is 13.2 Å². The Morgan fingerprint density at radius 2 is 1.84 bits per heavy atom. The molecule has 108 valence electrons. The molecule has 2 nitrogen and oxygen atoms in total. The fraction of sp³-hybridized carbons (Fsp3) is 0.571. The molecule has 0 saturated carbocycles. The lowest BCUT2D eigenvalue weighted by Gasteiger charge is -2.18. The summed E-state index contributed by atoms with van der Waals surface area (Å²) in [6.07, 6.45) is -2.84. The maximum absolute atomic E-state index is 12.7. The molecule has 0 aromatic heterocycles. The van der Waals surface area contributed by atoms with Crippen LogP contribution in [0.4, 0.5) is 13.2 Å². The van der Waals surface area contributed by atoms with Crippen LogP contribution >= 0.6 is 0 Å². The Morgan fingerprint density at radius 1 is 1.21 bits per heavy atom. The zero-order valence-corrected chi connectivity index (χ0v) is 11.4. The SMILES string of the molecule is COc1ccc(C(F)(F)F)cc1C(C)CCC(C)N. The van der Waals surface area contributed by atoms with Crippen molar-refractivity contribution in [2.75, 3.05) is 7.11 Å². The molecule has 0 saturated heterocycles. The van der Waals surface area contributed by atoms with Crippen molar-refractivity contribution in [3.8, 4) is 5.75 Å². The van der Waals surface area contributed by atoms with E-state index in [4.69, 9.17) is 10.5 Å². The quantitative estimate of drug-likeness (QED) is 0.883. The third-order valence-electron chi connectivity index (χ3n) is 3.14. The van der Waals surface area contributed by atoms with Gasteiger partial charge < -0.3 is 10.5 Å². The Balaban J connectivity index is 3.02. The molecule has 1 aromatic rings. The van der Waals surface area contributed by atoms with Crippen LogP contribution in [-0.2, 0) is 6.18 Å². The molecular formula is C14H20F3NO. The van der Waals surface area contributed by atoms with E-state index in [2.05, 4.69) is 0 Å². The highest BCUT2D eigenvalue weighted by Gasteiger charge is 2.31. The number of methoxy groups -OCH3 is 1. The summed E-state index contributed by atoms with van der Waals surface area (Å²) in [4.78, 5) is 0. The summed E-state index contributed by atoms with van der Waals surface area (Å²) < 4.78 is 43.3. The van der Waals surface area contributed by atoms with Gasteiger partial charge in [0.15, 0.2) is 0 Å². The molecule has 2 atom stereocenters. The molecule has 0 spiro atoms. The molecule has 5 heteroatoms. The third-order valence-corrected chi connectivity index (χ3v) is 3.14. The van der Waals surface area contributed by atoms with Crippen LogP contribution in [0.5, 0.6) is 5.75 Å². The number of hydrogen-bond donors (Lipinski definition) is 1. The Labute approximate surface area is 111 Å². The summed E-state index contributed by atoms with van der Waals surface area (Å²) in [7, 11) is 1.46. The highest BCUT2D eigenvalue weighted by Crippen LogP contribution is 2.36. The van der Waals surface area contributed by atoms with E-state index in [0.29, 0.717) is 11.3 Å². The molecule has 0 aliphatic rings. The van der Waals surface area contributed by atoms with E-state index in [0.717, 1.165) is 18.9 Å². The van der Waals surface area contributed by atoms with Crippen LogP contribution in [0.1, 0.15) is 43.7 Å². The topological polar surface area (TPSA) is 35.2 Å². The smallest absolute Gasteiger partial charge is 0.416 e. The summed E-state index contributed by atoms with van der Waals surface area (Å²) in [5.41, 5.74) is 5.62. The van der Waals surface area contributed by atoms with Gasteiger partial charge >= 0.3 is 6.18 Å². The Hall–Kier alpha value is -1.23. The van der Waals surface area contributed by atoms with Crippen LogP contribution in [0, 0.1) is 0 Å². The van der Waals surface area contributed by atoms with Gasteiger partial charge in [0.1, 0.15) is 5.75 Å². The van der Waals surface area contributed by atoms with Gasteiger partial charge in [-0.15, -0.1) is 0 Å². The molecule has 0 heterocycles. The molecule has 0 fully saturated rings. The van der Waals surface area contributed by atoms with Crippen molar-refractivity contribution in [1.82, 2.24) is 0 Å². The summed E-state index contributed by atoms with van der Waals surface area (Å²) in [6, 6.07) is 3.63. The first kappa shape index (κ1) is 15.8. The van der Waals surface area contributed by atoms with E-state index >= 15 is 0 Å². The fourth-order valence-electron chi connectivity index (χ4n) is 1.96. The van der Waals surface area contributed by atoms with E-state index in [1.807, 2.05) is 13.8 Å². The molecule has 2 unspecified atom stereocenters. The zero-order valence-electron chi connectivity index (χ0n) is 11.4. The number of benzene rings is 1. The molecular weight excluding hydrogens is 255 g/mol. The van der Waals surface area contributed by atoms with Gasteiger partial charge in [0.2, 0.25) is 0 Å². The number of halogens is 3. The first-order valence-electron chi connectivity index (χ1n) is 6.26. The molecule has 0 aliphatic heterocycles. The second kappa shape index (κ2) is 6.28. The predicted molar refractivity (Wildman–Crippen MR) is 69.3 cm³/mol. The van der Waals surface area contributed by atoms with Crippen molar-refractivity contribution >= 4 is 0 Å².